The molecule has 0 fully saturated rings. The first kappa shape index (κ1) is 21.7. The van der Waals surface area contributed by atoms with E-state index in [-0.39, 0.29) is 24.2 Å². The maximum absolute atomic E-state index is 12.7. The second-order valence-corrected chi connectivity index (χ2v) is 7.67. The normalized spacial score (nSPS) is 13.7. The van der Waals surface area contributed by atoms with Crippen LogP contribution in [0.25, 0.3) is 0 Å². The lowest BCUT2D eigenvalue weighted by Crippen LogP contribution is -2.52. The van der Waals surface area contributed by atoms with Gasteiger partial charge in [-0.25, -0.2) is 9.78 Å². The highest BCUT2D eigenvalue weighted by molar-refractivity contribution is 5.90. The fourth-order valence-corrected chi connectivity index (χ4v) is 2.40. The average molecular weight is 366 g/mol. The molecule has 1 aromatic rings. The van der Waals surface area contributed by atoms with Crippen molar-refractivity contribution >= 4 is 17.8 Å². The number of aryl methyl sites for hydroxylation is 1. The third-order valence-electron chi connectivity index (χ3n) is 4.10. The molecular weight excluding hydrogens is 336 g/mol. The fraction of sp³-hybridized carbons (Fsp3) is 0.667. The summed E-state index contributed by atoms with van der Waals surface area (Å²) in [7, 11) is 1.79. The van der Waals surface area contributed by atoms with Gasteiger partial charge in [-0.15, -0.1) is 0 Å². The van der Waals surface area contributed by atoms with E-state index in [4.69, 9.17) is 0 Å². The van der Waals surface area contributed by atoms with Gasteiger partial charge in [0.05, 0.1) is 6.33 Å². The standard InChI is InChI=1S/C18H30N4O4/c1-6-15(23)20-14(9-12-10-19-11-22(12)5)16(24)21-13(17(25)26)7-8-18(2,3)4/h10-11,13-14H,6-9H2,1-5H3,(H,20,23)(H,21,24)(H,25,26). The van der Waals surface area contributed by atoms with Crippen LogP contribution in [0.3, 0.4) is 0 Å². The van der Waals surface area contributed by atoms with Crippen molar-refractivity contribution in [2.45, 2.75) is 65.5 Å². The maximum Gasteiger partial charge on any atom is 0.326 e. The molecule has 3 N–H and O–H groups in total. The Labute approximate surface area is 154 Å². The van der Waals surface area contributed by atoms with E-state index in [0.29, 0.717) is 12.8 Å². The lowest BCUT2D eigenvalue weighted by atomic mass is 9.88. The van der Waals surface area contributed by atoms with Gasteiger partial charge in [0.15, 0.2) is 0 Å². The lowest BCUT2D eigenvalue weighted by molar-refractivity contribution is -0.142. The summed E-state index contributed by atoms with van der Waals surface area (Å²) in [4.78, 5) is 40.0. The summed E-state index contributed by atoms with van der Waals surface area (Å²) in [6.45, 7) is 7.74. The van der Waals surface area contributed by atoms with Crippen molar-refractivity contribution in [1.82, 2.24) is 20.2 Å². The third-order valence-corrected chi connectivity index (χ3v) is 4.10. The first-order chi connectivity index (χ1) is 12.0. The monoisotopic (exact) mass is 366 g/mol. The number of carbonyl (C=O) groups excluding carboxylic acids is 2. The van der Waals surface area contributed by atoms with Crippen LogP contribution < -0.4 is 10.6 Å². The van der Waals surface area contributed by atoms with Gasteiger partial charge in [-0.3, -0.25) is 9.59 Å². The molecule has 0 saturated carbocycles. The zero-order valence-corrected chi connectivity index (χ0v) is 16.2. The topological polar surface area (TPSA) is 113 Å². The van der Waals surface area contributed by atoms with Crippen molar-refractivity contribution < 1.29 is 19.5 Å². The van der Waals surface area contributed by atoms with Gasteiger partial charge in [0.1, 0.15) is 12.1 Å². The highest BCUT2D eigenvalue weighted by Gasteiger charge is 2.28. The van der Waals surface area contributed by atoms with Gasteiger partial charge in [0, 0.05) is 31.8 Å². The third kappa shape index (κ3) is 7.25. The number of carboxylic acid groups (broad SMARTS) is 1. The molecule has 0 aliphatic heterocycles. The van der Waals surface area contributed by atoms with E-state index >= 15 is 0 Å². The molecule has 0 aliphatic rings. The van der Waals surface area contributed by atoms with Crippen molar-refractivity contribution in [1.29, 1.82) is 0 Å². The Morgan fingerprint density at radius 1 is 1.23 bits per heavy atom. The summed E-state index contributed by atoms with van der Waals surface area (Å²) in [5.74, 6) is -1.85. The molecule has 8 heteroatoms. The summed E-state index contributed by atoms with van der Waals surface area (Å²) >= 11 is 0. The Balaban J connectivity index is 2.86. The molecule has 1 aromatic heterocycles. The van der Waals surface area contributed by atoms with Crippen LogP contribution in [0.4, 0.5) is 0 Å². The molecular formula is C18H30N4O4. The molecule has 1 heterocycles. The number of nitrogens with zero attached hydrogens (tertiary/aromatic N) is 2. The predicted octanol–water partition coefficient (Wildman–Crippen LogP) is 1.25. The van der Waals surface area contributed by atoms with E-state index in [1.54, 1.807) is 31.1 Å². The zero-order valence-electron chi connectivity index (χ0n) is 16.2. The summed E-state index contributed by atoms with van der Waals surface area (Å²) in [6.07, 6.45) is 4.67. The summed E-state index contributed by atoms with van der Waals surface area (Å²) in [5, 5.41) is 14.6. The number of carboxylic acids is 1. The van der Waals surface area contributed by atoms with E-state index in [1.165, 1.54) is 0 Å². The Morgan fingerprint density at radius 3 is 2.35 bits per heavy atom. The van der Waals surface area contributed by atoms with Crippen LogP contribution in [-0.4, -0.2) is 44.5 Å². The summed E-state index contributed by atoms with van der Waals surface area (Å²) in [5.41, 5.74) is 0.728. The quantitative estimate of drug-likeness (QED) is 0.609. The van der Waals surface area contributed by atoms with Crippen LogP contribution in [0.1, 0.15) is 52.7 Å². The molecule has 0 bridgehead atoms. The van der Waals surface area contributed by atoms with Gasteiger partial charge in [-0.05, 0) is 18.3 Å². The van der Waals surface area contributed by atoms with Gasteiger partial charge in [-0.1, -0.05) is 27.7 Å². The number of hydrogen-bond donors (Lipinski definition) is 3. The first-order valence-corrected chi connectivity index (χ1v) is 8.81. The minimum absolute atomic E-state index is 0.0387. The second-order valence-electron chi connectivity index (χ2n) is 7.67. The lowest BCUT2D eigenvalue weighted by Gasteiger charge is -2.24. The van der Waals surface area contributed by atoms with Crippen LogP contribution in [0, 0.1) is 5.41 Å². The van der Waals surface area contributed by atoms with Crippen molar-refractivity contribution in [3.8, 4) is 0 Å². The van der Waals surface area contributed by atoms with Crippen molar-refractivity contribution in [2.24, 2.45) is 12.5 Å². The van der Waals surface area contributed by atoms with E-state index in [1.807, 2.05) is 20.8 Å². The van der Waals surface area contributed by atoms with E-state index in [0.717, 1.165) is 5.69 Å². The van der Waals surface area contributed by atoms with Crippen LogP contribution in [-0.2, 0) is 27.9 Å². The molecule has 0 saturated heterocycles. The van der Waals surface area contributed by atoms with Crippen molar-refractivity contribution in [3.63, 3.8) is 0 Å². The largest absolute Gasteiger partial charge is 0.480 e. The number of hydrogen-bond acceptors (Lipinski definition) is 4. The Morgan fingerprint density at radius 2 is 1.88 bits per heavy atom. The number of imidazole rings is 1. The van der Waals surface area contributed by atoms with Gasteiger partial charge in [0.25, 0.3) is 0 Å². The van der Waals surface area contributed by atoms with Gasteiger partial charge >= 0.3 is 5.97 Å². The Kier molecular flexibility index (Phi) is 7.79. The van der Waals surface area contributed by atoms with Crippen LogP contribution in [0.5, 0.6) is 0 Å². The van der Waals surface area contributed by atoms with E-state index in [2.05, 4.69) is 15.6 Å². The molecule has 2 atom stereocenters. The SMILES string of the molecule is CCC(=O)NC(Cc1cncn1C)C(=O)NC(CCC(C)(C)C)C(=O)O. The summed E-state index contributed by atoms with van der Waals surface area (Å²) in [6, 6.07) is -1.84. The highest BCUT2D eigenvalue weighted by atomic mass is 16.4. The molecule has 0 radical (unpaired) electrons. The van der Waals surface area contributed by atoms with Crippen LogP contribution in [0.2, 0.25) is 0 Å². The first-order valence-electron chi connectivity index (χ1n) is 8.81. The smallest absolute Gasteiger partial charge is 0.326 e. The molecule has 0 aromatic carbocycles. The zero-order chi connectivity index (χ0) is 19.9. The van der Waals surface area contributed by atoms with Gasteiger partial charge in [0.2, 0.25) is 11.8 Å². The number of nitrogens with one attached hydrogen (secondary N) is 2. The summed E-state index contributed by atoms with van der Waals surface area (Å²) < 4.78 is 1.76. The molecule has 8 nitrogen and oxygen atoms in total. The number of aliphatic carboxylic acids is 1. The number of aromatic nitrogens is 2. The van der Waals surface area contributed by atoms with Crippen LogP contribution in [0.15, 0.2) is 12.5 Å². The number of carbonyl (C=O) groups is 3. The Hall–Kier alpha value is -2.38. The molecule has 26 heavy (non-hydrogen) atoms. The molecule has 1 rings (SSSR count). The van der Waals surface area contributed by atoms with Gasteiger partial charge in [-0.2, -0.15) is 0 Å². The fourth-order valence-electron chi connectivity index (χ4n) is 2.40. The average Bonchev–Trinajstić information content (AvgIpc) is 2.94. The highest BCUT2D eigenvalue weighted by Crippen LogP contribution is 2.21. The molecule has 2 amide bonds. The van der Waals surface area contributed by atoms with Crippen molar-refractivity contribution in [3.05, 3.63) is 18.2 Å². The predicted molar refractivity (Wildman–Crippen MR) is 97.4 cm³/mol. The molecule has 0 aliphatic carbocycles. The van der Waals surface area contributed by atoms with E-state index < -0.39 is 24.0 Å². The van der Waals surface area contributed by atoms with Gasteiger partial charge < -0.3 is 20.3 Å². The molecule has 146 valence electrons. The Bertz CT molecular complexity index is 633. The maximum atomic E-state index is 12.7. The molecule has 2 unspecified atom stereocenters. The van der Waals surface area contributed by atoms with E-state index in [9.17, 15) is 19.5 Å². The minimum atomic E-state index is -1.08. The molecule has 0 spiro atoms. The number of amides is 2. The van der Waals surface area contributed by atoms with Crippen molar-refractivity contribution in [2.75, 3.05) is 0 Å². The minimum Gasteiger partial charge on any atom is -0.480 e. The number of rotatable bonds is 9. The van der Waals surface area contributed by atoms with Crippen LogP contribution >= 0.6 is 0 Å². The second kappa shape index (κ2) is 9.35.